The summed E-state index contributed by atoms with van der Waals surface area (Å²) >= 11 is 0. The number of unbranched alkanes of at least 4 members (excludes halogenated alkanes) is 1. The van der Waals surface area contributed by atoms with E-state index >= 15 is 0 Å². The Balaban J connectivity index is 1.81. The third-order valence-electron chi connectivity index (χ3n) is 11.4. The van der Waals surface area contributed by atoms with Crippen molar-refractivity contribution in [2.45, 2.75) is 145 Å². The Morgan fingerprint density at radius 1 is 0.457 bits per heavy atom. The topological polar surface area (TPSA) is 259 Å². The van der Waals surface area contributed by atoms with Crippen molar-refractivity contribution < 1.29 is 76.3 Å². The van der Waals surface area contributed by atoms with E-state index in [1.54, 1.807) is 0 Å². The molecule has 4 amide bonds. The normalized spacial score (nSPS) is 21.1. The molecular formula is C50H78N4O16. The van der Waals surface area contributed by atoms with Crippen LogP contribution in [0.15, 0.2) is 48.6 Å². The maximum atomic E-state index is 12.9. The molecule has 70 heavy (non-hydrogen) atoms. The molecule has 0 spiro atoms. The van der Waals surface area contributed by atoms with E-state index in [9.17, 15) is 38.4 Å². The van der Waals surface area contributed by atoms with Gasteiger partial charge in [-0.05, 0) is 101 Å². The minimum absolute atomic E-state index is 0.0900. The average Bonchev–Trinajstić information content (AvgIpc) is 3.23. The second kappa shape index (κ2) is 27.3. The van der Waals surface area contributed by atoms with Crippen molar-refractivity contribution in [2.24, 2.45) is 21.7 Å². The average molecular weight is 991 g/mol. The summed E-state index contributed by atoms with van der Waals surface area (Å²) < 4.78 is 42.3. The molecule has 0 aromatic carbocycles. The van der Waals surface area contributed by atoms with Gasteiger partial charge in [-0.2, -0.15) is 0 Å². The highest BCUT2D eigenvalue weighted by molar-refractivity contribution is 5.88. The third-order valence-corrected chi connectivity index (χ3v) is 11.4. The van der Waals surface area contributed by atoms with Gasteiger partial charge in [0.2, 0.25) is 0 Å². The third kappa shape index (κ3) is 23.5. The van der Waals surface area contributed by atoms with Crippen LogP contribution in [0.5, 0.6) is 0 Å². The molecule has 0 saturated heterocycles. The van der Waals surface area contributed by atoms with Crippen molar-refractivity contribution in [2.75, 3.05) is 52.7 Å². The van der Waals surface area contributed by atoms with Crippen LogP contribution < -0.4 is 21.3 Å². The maximum Gasteiger partial charge on any atom is 0.407 e. The van der Waals surface area contributed by atoms with E-state index in [0.717, 1.165) is 12.8 Å². The number of hydrogen-bond acceptors (Lipinski definition) is 16. The highest BCUT2D eigenvalue weighted by Gasteiger charge is 2.44. The van der Waals surface area contributed by atoms with Gasteiger partial charge in [-0.3, -0.25) is 0 Å². The molecule has 20 nitrogen and oxygen atoms in total. The van der Waals surface area contributed by atoms with Crippen LogP contribution in [0.2, 0.25) is 0 Å². The SMILES string of the molecule is C=C(C)C(=O)OCC(COC(=O)C(=C)C)OC(=O)NCC1(C)CC(NC(=O)OCCCCOC(=O)NC2CC(C)(C)CC(C)(CNC(=O)OC(COC(=O)C(=C)C)COC(=O)C(=C)C)C2)CC(C)(C)C1. The van der Waals surface area contributed by atoms with Crippen molar-refractivity contribution in [3.8, 4) is 0 Å². The van der Waals surface area contributed by atoms with Crippen LogP contribution in [0.25, 0.3) is 0 Å². The summed E-state index contributed by atoms with van der Waals surface area (Å²) in [5.41, 5.74) is -0.732. The Morgan fingerprint density at radius 3 is 1.01 bits per heavy atom. The lowest BCUT2D eigenvalue weighted by Crippen LogP contribution is -2.51. The fraction of sp³-hybridized carbons (Fsp3) is 0.680. The predicted octanol–water partition coefficient (Wildman–Crippen LogP) is 7.06. The predicted molar refractivity (Wildman–Crippen MR) is 257 cm³/mol. The molecule has 2 aliphatic carbocycles. The number of carbonyl (C=O) groups is 8. The number of amides is 4. The minimum atomic E-state index is -1.09. The van der Waals surface area contributed by atoms with Crippen LogP contribution in [0, 0.1) is 21.7 Å². The fourth-order valence-electron chi connectivity index (χ4n) is 9.05. The number of nitrogens with one attached hydrogen (secondary N) is 4. The van der Waals surface area contributed by atoms with Gasteiger partial charge in [0.25, 0.3) is 0 Å². The van der Waals surface area contributed by atoms with Gasteiger partial charge in [0.05, 0.1) is 13.2 Å². The van der Waals surface area contributed by atoms with E-state index in [1.807, 2.05) is 13.8 Å². The molecule has 2 fully saturated rings. The van der Waals surface area contributed by atoms with E-state index in [-0.39, 0.29) is 97.9 Å². The smallest absolute Gasteiger partial charge is 0.407 e. The minimum Gasteiger partial charge on any atom is -0.458 e. The molecule has 394 valence electrons. The standard InChI is InChI=1S/C50H78N4O16/c1-31(2)39(55)65-23-37(24-66-40(56)32(3)4)69-43(59)51-29-49(13)21-35(19-47(9,10)27-49)53-45(61)63-17-15-16-18-64-46(62)54-36-20-48(11,12)28-50(14,22-36)30-52-44(60)70-38(25-67-41(57)33(5)6)26-68-42(58)34(7)8/h35-38H,1,3,5,7,15-30H2,2,4,6,8-14H3,(H,51,59)(H,52,60)(H,53,61)(H,54,62). The molecule has 0 aromatic heterocycles. The molecule has 4 unspecified atom stereocenters. The fourth-order valence-corrected chi connectivity index (χ4v) is 9.05. The van der Waals surface area contributed by atoms with Crippen molar-refractivity contribution in [3.63, 3.8) is 0 Å². The molecular weight excluding hydrogens is 913 g/mol. The Labute approximate surface area is 412 Å². The molecule has 0 aromatic rings. The van der Waals surface area contributed by atoms with Gasteiger partial charge in [-0.25, -0.2) is 38.4 Å². The van der Waals surface area contributed by atoms with Gasteiger partial charge >= 0.3 is 48.3 Å². The van der Waals surface area contributed by atoms with Crippen LogP contribution in [0.3, 0.4) is 0 Å². The van der Waals surface area contributed by atoms with Crippen LogP contribution in [-0.4, -0.2) is 125 Å². The summed E-state index contributed by atoms with van der Waals surface area (Å²) in [6.45, 7) is 31.4. The van der Waals surface area contributed by atoms with Gasteiger partial charge in [-0.1, -0.05) is 67.9 Å². The van der Waals surface area contributed by atoms with Crippen LogP contribution in [0.4, 0.5) is 19.2 Å². The zero-order valence-corrected chi connectivity index (χ0v) is 43.0. The molecule has 0 radical (unpaired) electrons. The van der Waals surface area contributed by atoms with E-state index in [2.05, 4.69) is 75.3 Å². The summed E-state index contributed by atoms with van der Waals surface area (Å²) in [4.78, 5) is 99.4. The first-order valence-electron chi connectivity index (χ1n) is 23.5. The zero-order valence-electron chi connectivity index (χ0n) is 43.0. The monoisotopic (exact) mass is 991 g/mol. The number of carbonyl (C=O) groups excluding carboxylic acids is 8. The number of rotatable bonds is 25. The molecule has 0 heterocycles. The molecule has 2 aliphatic rings. The summed E-state index contributed by atoms with van der Waals surface area (Å²) in [5, 5.41) is 11.5. The van der Waals surface area contributed by atoms with Crippen LogP contribution in [0.1, 0.15) is 121 Å². The van der Waals surface area contributed by atoms with Gasteiger partial charge < -0.3 is 59.2 Å². The van der Waals surface area contributed by atoms with Crippen LogP contribution >= 0.6 is 0 Å². The first-order valence-corrected chi connectivity index (χ1v) is 23.5. The molecule has 0 bridgehead atoms. The largest absolute Gasteiger partial charge is 0.458 e. The summed E-state index contributed by atoms with van der Waals surface area (Å²) in [7, 11) is 0. The first kappa shape index (κ1) is 60.0. The Bertz CT molecular complexity index is 1750. The lowest BCUT2D eigenvalue weighted by Gasteiger charge is -2.46. The Hall–Kier alpha value is -6.08. The van der Waals surface area contributed by atoms with Gasteiger partial charge in [0.1, 0.15) is 26.4 Å². The summed E-state index contributed by atoms with van der Waals surface area (Å²) in [6, 6.07) is -0.527. The van der Waals surface area contributed by atoms with E-state index in [4.69, 9.17) is 37.9 Å². The second-order valence-corrected chi connectivity index (χ2v) is 21.1. The molecule has 4 atom stereocenters. The van der Waals surface area contributed by atoms with E-state index < -0.39 is 71.3 Å². The van der Waals surface area contributed by atoms with Gasteiger partial charge in [0.15, 0.2) is 12.2 Å². The first-order chi connectivity index (χ1) is 32.4. The number of esters is 4. The summed E-state index contributed by atoms with van der Waals surface area (Å²) in [6.07, 6.45) is -0.272. The van der Waals surface area contributed by atoms with Crippen molar-refractivity contribution in [1.29, 1.82) is 0 Å². The van der Waals surface area contributed by atoms with Crippen LogP contribution in [-0.2, 0) is 57.1 Å². The lowest BCUT2D eigenvalue weighted by atomic mass is 9.62. The van der Waals surface area contributed by atoms with Crippen molar-refractivity contribution in [1.82, 2.24) is 21.3 Å². The molecule has 4 N–H and O–H groups in total. The second-order valence-electron chi connectivity index (χ2n) is 21.1. The number of ether oxygens (including phenoxy) is 8. The summed E-state index contributed by atoms with van der Waals surface area (Å²) in [5.74, 6) is -2.76. The highest BCUT2D eigenvalue weighted by atomic mass is 16.6. The van der Waals surface area contributed by atoms with Gasteiger partial charge in [0, 0.05) is 47.5 Å². The molecule has 2 rings (SSSR count). The maximum absolute atomic E-state index is 12.9. The highest BCUT2D eigenvalue weighted by Crippen LogP contribution is 2.47. The zero-order chi connectivity index (χ0) is 53.0. The number of alkyl carbamates (subject to hydrolysis) is 4. The Kier molecular flexibility index (Phi) is 23.5. The lowest BCUT2D eigenvalue weighted by molar-refractivity contribution is -0.149. The molecule has 2 saturated carbocycles. The van der Waals surface area contributed by atoms with E-state index in [1.165, 1.54) is 27.7 Å². The molecule has 0 aliphatic heterocycles. The Morgan fingerprint density at radius 2 is 0.743 bits per heavy atom. The van der Waals surface area contributed by atoms with E-state index in [0.29, 0.717) is 38.5 Å². The van der Waals surface area contributed by atoms with Gasteiger partial charge in [-0.15, -0.1) is 0 Å². The number of hydrogen-bond donors (Lipinski definition) is 4. The quantitative estimate of drug-likeness (QED) is 0.0309. The van der Waals surface area contributed by atoms with Crippen molar-refractivity contribution >= 4 is 48.3 Å². The molecule has 20 heteroatoms. The van der Waals surface area contributed by atoms with Crippen molar-refractivity contribution in [3.05, 3.63) is 48.6 Å².